The monoisotopic (exact) mass is 525 g/mol. The summed E-state index contributed by atoms with van der Waals surface area (Å²) in [5, 5.41) is 0.321. The predicted molar refractivity (Wildman–Crippen MR) is 143 cm³/mol. The van der Waals surface area contributed by atoms with Gasteiger partial charge in [-0.05, 0) is 39.1 Å². The summed E-state index contributed by atoms with van der Waals surface area (Å²) in [6.45, 7) is 10.0. The van der Waals surface area contributed by atoms with Crippen molar-refractivity contribution in [1.29, 1.82) is 0 Å². The number of ether oxygens (including phenoxy) is 4. The van der Waals surface area contributed by atoms with Crippen molar-refractivity contribution in [3.05, 3.63) is 41.0 Å². The lowest BCUT2D eigenvalue weighted by Gasteiger charge is -2.26. The Kier molecular flexibility index (Phi) is 8.57. The van der Waals surface area contributed by atoms with Gasteiger partial charge < -0.3 is 28.8 Å². The number of aromatic nitrogens is 2. The van der Waals surface area contributed by atoms with E-state index in [0.29, 0.717) is 85.1 Å². The summed E-state index contributed by atoms with van der Waals surface area (Å²) in [6.07, 6.45) is 2.21. The topological polar surface area (TPSA) is 111 Å². The maximum absolute atomic E-state index is 15.2. The van der Waals surface area contributed by atoms with Crippen molar-refractivity contribution in [1.82, 2.24) is 14.9 Å². The van der Waals surface area contributed by atoms with E-state index < -0.39 is 5.82 Å². The number of aromatic amines is 1. The first-order valence-electron chi connectivity index (χ1n) is 12.3. The number of morpholine rings is 1. The number of methoxy groups -OCH3 is 1. The Bertz CT molecular complexity index is 1360. The molecular weight excluding hydrogens is 493 g/mol. The molecule has 3 aromatic rings. The van der Waals surface area contributed by atoms with Gasteiger partial charge in [0.05, 0.1) is 49.8 Å². The van der Waals surface area contributed by atoms with Crippen LogP contribution in [0.2, 0.25) is 0 Å². The molecule has 1 aliphatic heterocycles. The summed E-state index contributed by atoms with van der Waals surface area (Å²) in [5.74, 6) is 0.469. The second-order valence-corrected chi connectivity index (χ2v) is 8.81. The second-order valence-electron chi connectivity index (χ2n) is 8.81. The molecule has 0 aliphatic carbocycles. The molecule has 1 aliphatic rings. The second kappa shape index (κ2) is 12.0. The standard InChI is InChI=1S/C27H32FN5O5/c1-16-13-18-23(28)21(15-31-26(18)32-16)38-27(30-4)19-14-20(35-5)25(17(2)24(19)29-3)37-10-6-7-22(34)33-8-11-36-12-9-33/h13-15H,3,6-12H2,1-2,4-5H3,(H,31,32). The van der Waals surface area contributed by atoms with Crippen molar-refractivity contribution >= 4 is 35.2 Å². The van der Waals surface area contributed by atoms with Crippen LogP contribution >= 0.6 is 0 Å². The number of fused-ring (bicyclic) bond motifs is 1. The number of pyridine rings is 1. The minimum atomic E-state index is -0.552. The Morgan fingerprint density at radius 1 is 1.26 bits per heavy atom. The highest BCUT2D eigenvalue weighted by Crippen LogP contribution is 2.41. The van der Waals surface area contributed by atoms with E-state index >= 15 is 4.39 Å². The number of amides is 1. The highest BCUT2D eigenvalue weighted by molar-refractivity contribution is 6.02. The number of aryl methyl sites for hydroxylation is 1. The predicted octanol–water partition coefficient (Wildman–Crippen LogP) is 4.13. The third kappa shape index (κ3) is 5.62. The molecule has 38 heavy (non-hydrogen) atoms. The van der Waals surface area contributed by atoms with Crippen molar-refractivity contribution in [3.8, 4) is 17.2 Å². The number of aliphatic imine (C=N–C) groups is 2. The van der Waals surface area contributed by atoms with Crippen LogP contribution in [0.3, 0.4) is 0 Å². The highest BCUT2D eigenvalue weighted by atomic mass is 19.1. The van der Waals surface area contributed by atoms with E-state index in [1.165, 1.54) is 20.4 Å². The number of nitrogens with one attached hydrogen (secondary N) is 1. The molecule has 0 atom stereocenters. The van der Waals surface area contributed by atoms with Gasteiger partial charge in [-0.3, -0.25) is 14.8 Å². The lowest BCUT2D eigenvalue weighted by atomic mass is 10.1. The molecule has 4 rings (SSSR count). The highest BCUT2D eigenvalue weighted by Gasteiger charge is 2.23. The zero-order valence-corrected chi connectivity index (χ0v) is 22.1. The van der Waals surface area contributed by atoms with Crippen LogP contribution in [-0.2, 0) is 9.53 Å². The minimum absolute atomic E-state index is 0.0750. The Morgan fingerprint density at radius 2 is 2.03 bits per heavy atom. The van der Waals surface area contributed by atoms with Gasteiger partial charge in [0, 0.05) is 37.8 Å². The summed E-state index contributed by atoms with van der Waals surface area (Å²) < 4.78 is 38.0. The molecule has 0 unspecified atom stereocenters. The molecular formula is C27H32FN5O5. The molecule has 0 bridgehead atoms. The Morgan fingerprint density at radius 3 is 2.71 bits per heavy atom. The first-order valence-corrected chi connectivity index (χ1v) is 12.3. The van der Waals surface area contributed by atoms with Crippen LogP contribution < -0.4 is 14.2 Å². The molecule has 1 saturated heterocycles. The van der Waals surface area contributed by atoms with Crippen molar-refractivity contribution < 1.29 is 28.1 Å². The number of nitrogens with zero attached hydrogens (tertiary/aromatic N) is 4. The van der Waals surface area contributed by atoms with Gasteiger partial charge >= 0.3 is 0 Å². The van der Waals surface area contributed by atoms with Gasteiger partial charge in [0.15, 0.2) is 23.1 Å². The van der Waals surface area contributed by atoms with Crippen molar-refractivity contribution in [3.63, 3.8) is 0 Å². The van der Waals surface area contributed by atoms with Crippen molar-refractivity contribution in [2.45, 2.75) is 26.7 Å². The third-order valence-corrected chi connectivity index (χ3v) is 6.31. The summed E-state index contributed by atoms with van der Waals surface area (Å²) >= 11 is 0. The molecule has 10 nitrogen and oxygen atoms in total. The fourth-order valence-corrected chi connectivity index (χ4v) is 4.38. The van der Waals surface area contributed by atoms with Crippen LogP contribution in [0.5, 0.6) is 17.2 Å². The molecule has 1 aromatic carbocycles. The van der Waals surface area contributed by atoms with E-state index in [4.69, 9.17) is 18.9 Å². The van der Waals surface area contributed by atoms with Gasteiger partial charge in [-0.2, -0.15) is 0 Å². The van der Waals surface area contributed by atoms with Crippen LogP contribution in [0.1, 0.15) is 29.7 Å². The summed E-state index contributed by atoms with van der Waals surface area (Å²) in [4.78, 5) is 29.9. The Balaban J connectivity index is 1.53. The van der Waals surface area contributed by atoms with Crippen LogP contribution in [0.15, 0.2) is 28.3 Å². The summed E-state index contributed by atoms with van der Waals surface area (Å²) in [7, 11) is 3.05. The lowest BCUT2D eigenvalue weighted by molar-refractivity contribution is -0.135. The zero-order chi connectivity index (χ0) is 27.2. The van der Waals surface area contributed by atoms with E-state index in [-0.39, 0.29) is 17.6 Å². The number of halogens is 1. The number of rotatable bonds is 9. The molecule has 2 aromatic heterocycles. The maximum Gasteiger partial charge on any atom is 0.224 e. The van der Waals surface area contributed by atoms with E-state index in [9.17, 15) is 4.79 Å². The Labute approximate surface area is 220 Å². The van der Waals surface area contributed by atoms with Gasteiger partial charge in [0.1, 0.15) is 5.65 Å². The van der Waals surface area contributed by atoms with Gasteiger partial charge in [0.2, 0.25) is 11.8 Å². The normalized spacial score (nSPS) is 14.0. The zero-order valence-electron chi connectivity index (χ0n) is 22.1. The number of benzene rings is 1. The molecule has 0 radical (unpaired) electrons. The van der Waals surface area contributed by atoms with E-state index in [2.05, 4.69) is 26.7 Å². The van der Waals surface area contributed by atoms with Gasteiger partial charge in [-0.25, -0.2) is 9.37 Å². The molecule has 0 saturated carbocycles. The average molecular weight is 526 g/mol. The SMILES string of the molecule is C=Nc1c(C(=NC)Oc2cnc3[nH]c(C)cc3c2F)cc(OC)c(OCCCC(=O)N2CCOCC2)c1C. The Hall–Kier alpha value is -3.99. The van der Waals surface area contributed by atoms with Crippen LogP contribution in [0.4, 0.5) is 10.1 Å². The lowest BCUT2D eigenvalue weighted by Crippen LogP contribution is -2.40. The van der Waals surface area contributed by atoms with Gasteiger partial charge in [-0.1, -0.05) is 0 Å². The molecule has 1 N–H and O–H groups in total. The third-order valence-electron chi connectivity index (χ3n) is 6.31. The summed E-state index contributed by atoms with van der Waals surface area (Å²) in [6, 6.07) is 3.33. The van der Waals surface area contributed by atoms with Crippen molar-refractivity contribution in [2.75, 3.05) is 47.1 Å². The molecule has 0 spiro atoms. The fourth-order valence-electron chi connectivity index (χ4n) is 4.38. The van der Waals surface area contributed by atoms with Crippen LogP contribution in [0.25, 0.3) is 11.0 Å². The number of H-pyrrole nitrogens is 1. The first kappa shape index (κ1) is 27.1. The van der Waals surface area contributed by atoms with E-state index in [0.717, 1.165) is 5.69 Å². The van der Waals surface area contributed by atoms with Gasteiger partial charge in [0.25, 0.3) is 0 Å². The first-order chi connectivity index (χ1) is 18.4. The fraction of sp³-hybridized carbons (Fsp3) is 0.407. The quantitative estimate of drug-likeness (QED) is 0.256. The van der Waals surface area contributed by atoms with Crippen molar-refractivity contribution in [2.24, 2.45) is 9.98 Å². The smallest absolute Gasteiger partial charge is 0.224 e. The summed E-state index contributed by atoms with van der Waals surface area (Å²) in [5.41, 5.74) is 2.78. The van der Waals surface area contributed by atoms with Gasteiger partial charge in [-0.15, -0.1) is 0 Å². The number of carbonyl (C=O) groups is 1. The van der Waals surface area contributed by atoms with Crippen LogP contribution in [-0.4, -0.2) is 80.5 Å². The number of hydrogen-bond donors (Lipinski definition) is 1. The largest absolute Gasteiger partial charge is 0.493 e. The molecule has 3 heterocycles. The maximum atomic E-state index is 15.2. The van der Waals surface area contributed by atoms with E-state index in [1.54, 1.807) is 12.1 Å². The molecule has 1 fully saturated rings. The average Bonchev–Trinajstić information content (AvgIpc) is 3.32. The molecule has 202 valence electrons. The number of carbonyl (C=O) groups excluding carboxylic acids is 1. The van der Waals surface area contributed by atoms with E-state index in [1.807, 2.05) is 18.7 Å². The number of hydrogen-bond acceptors (Lipinski definition) is 8. The molecule has 1 amide bonds. The minimum Gasteiger partial charge on any atom is -0.493 e. The van der Waals surface area contributed by atoms with Crippen LogP contribution in [0, 0.1) is 19.7 Å². The molecule has 11 heteroatoms.